The van der Waals surface area contributed by atoms with Crippen LogP contribution >= 0.6 is 0 Å². The minimum Gasteiger partial charge on any atom is -0.456 e. The Bertz CT molecular complexity index is 3790. The molecule has 0 aliphatic carbocycles. The van der Waals surface area contributed by atoms with Crippen LogP contribution in [0.5, 0.6) is 0 Å². The van der Waals surface area contributed by atoms with E-state index < -0.39 is 8.07 Å². The van der Waals surface area contributed by atoms with E-state index in [4.69, 9.17) is 4.42 Å². The van der Waals surface area contributed by atoms with Gasteiger partial charge < -0.3 is 13.6 Å². The van der Waals surface area contributed by atoms with Crippen LogP contribution < -0.4 is 20.7 Å². The maximum absolute atomic E-state index is 6.93. The Labute approximate surface area is 371 Å². The molecule has 64 heavy (non-hydrogen) atoms. The summed E-state index contributed by atoms with van der Waals surface area (Å²) in [6, 6.07) is 88.9. The van der Waals surface area contributed by atoms with E-state index in [2.05, 4.69) is 252 Å². The fourth-order valence-corrected chi connectivity index (χ4v) is 15.6. The lowest BCUT2D eigenvalue weighted by atomic mass is 9.98. The van der Waals surface area contributed by atoms with Crippen molar-refractivity contribution in [3.05, 3.63) is 243 Å². The highest BCUT2D eigenvalue weighted by Crippen LogP contribution is 2.42. The largest absolute Gasteiger partial charge is 0.456 e. The van der Waals surface area contributed by atoms with E-state index in [1.165, 1.54) is 64.4 Å². The van der Waals surface area contributed by atoms with E-state index in [1.807, 2.05) is 0 Å². The predicted molar refractivity (Wildman–Crippen MR) is 271 cm³/mol. The molecule has 3 aromatic heterocycles. The van der Waals surface area contributed by atoms with Crippen LogP contribution in [0.1, 0.15) is 0 Å². The van der Waals surface area contributed by atoms with Crippen LogP contribution in [-0.4, -0.2) is 17.2 Å². The second kappa shape index (κ2) is 14.5. The number of fused-ring (bicyclic) bond motifs is 9. The van der Waals surface area contributed by atoms with Crippen LogP contribution in [0, 0.1) is 0 Å². The first-order chi connectivity index (χ1) is 31.8. The van der Waals surface area contributed by atoms with Gasteiger partial charge >= 0.3 is 0 Å². The molecule has 300 valence electrons. The van der Waals surface area contributed by atoms with Crippen molar-refractivity contribution < 1.29 is 4.42 Å². The smallest absolute Gasteiger partial charge is 0.179 e. The standard InChI is InChI=1S/C60H40N2OSi/c1-5-19-42(20-6-1)61-53-31-16-14-28-50(53)60-54(61)32-18-33-55(60)62-52-30-15-13-27-48(52)49-37-35-41(39-56(49)62)47-29-17-34-57-59(47)51-38-36-46(40-58(51)63-57)64(43-21-7-2-8-22-43,44-23-9-3-10-24-44)45-25-11-4-12-26-45/h1-40H. The molecule has 0 bridgehead atoms. The molecular weight excluding hydrogens is 793 g/mol. The number of hydrogen-bond acceptors (Lipinski definition) is 1. The number of nitrogens with zero attached hydrogens (tertiary/aromatic N) is 2. The highest BCUT2D eigenvalue weighted by molar-refractivity contribution is 7.20. The van der Waals surface area contributed by atoms with Crippen molar-refractivity contribution in [2.45, 2.75) is 0 Å². The Morgan fingerprint density at radius 2 is 0.859 bits per heavy atom. The average Bonchev–Trinajstić information content (AvgIpc) is 4.03. The Morgan fingerprint density at radius 3 is 1.55 bits per heavy atom. The summed E-state index contributed by atoms with van der Waals surface area (Å²) in [5, 5.41) is 12.5. The molecule has 10 aromatic carbocycles. The highest BCUT2D eigenvalue weighted by atomic mass is 28.3. The maximum atomic E-state index is 6.93. The first-order valence-corrected chi connectivity index (χ1v) is 24.0. The number of aromatic nitrogens is 2. The molecule has 0 aliphatic rings. The summed E-state index contributed by atoms with van der Waals surface area (Å²) >= 11 is 0. The predicted octanol–water partition coefficient (Wildman–Crippen LogP) is 12.8. The lowest BCUT2D eigenvalue weighted by molar-refractivity contribution is 0.669. The SMILES string of the molecule is c1ccc(-n2c3ccccc3c3c(-n4c5ccccc5c5ccc(-c6cccc7oc8cc([Si](c9ccccc9)(c9ccccc9)c9ccccc9)ccc8c67)cc54)cccc32)cc1. The van der Waals surface area contributed by atoms with E-state index in [1.54, 1.807) is 0 Å². The zero-order valence-corrected chi connectivity index (χ0v) is 35.9. The molecule has 0 fully saturated rings. The van der Waals surface area contributed by atoms with E-state index in [0.717, 1.165) is 44.4 Å². The van der Waals surface area contributed by atoms with E-state index >= 15 is 0 Å². The second-order valence-electron chi connectivity index (χ2n) is 16.8. The summed E-state index contributed by atoms with van der Waals surface area (Å²) in [6.07, 6.45) is 0. The Morgan fingerprint density at radius 1 is 0.312 bits per heavy atom. The van der Waals surface area contributed by atoms with Crippen LogP contribution in [0.4, 0.5) is 0 Å². The molecule has 0 saturated carbocycles. The van der Waals surface area contributed by atoms with Crippen molar-refractivity contribution in [1.29, 1.82) is 0 Å². The van der Waals surface area contributed by atoms with E-state index in [0.29, 0.717) is 0 Å². The van der Waals surface area contributed by atoms with Gasteiger partial charge in [0.05, 0.1) is 27.8 Å². The number of rotatable bonds is 7. The number of furan rings is 1. The highest BCUT2D eigenvalue weighted by Gasteiger charge is 2.41. The number of benzene rings is 10. The molecule has 0 radical (unpaired) electrons. The molecule has 0 aliphatic heterocycles. The molecule has 3 heterocycles. The van der Waals surface area contributed by atoms with Gasteiger partial charge in [-0.2, -0.15) is 0 Å². The van der Waals surface area contributed by atoms with Crippen molar-refractivity contribution in [2.75, 3.05) is 0 Å². The van der Waals surface area contributed by atoms with Crippen LogP contribution in [0.25, 0.3) is 88.1 Å². The van der Waals surface area contributed by atoms with Crippen molar-refractivity contribution in [3.63, 3.8) is 0 Å². The lowest BCUT2D eigenvalue weighted by Gasteiger charge is -2.34. The Hall–Kier alpha value is -8.18. The van der Waals surface area contributed by atoms with Crippen LogP contribution in [0.2, 0.25) is 0 Å². The molecule has 0 N–H and O–H groups in total. The number of hydrogen-bond donors (Lipinski definition) is 0. The zero-order valence-electron chi connectivity index (χ0n) is 34.9. The summed E-state index contributed by atoms with van der Waals surface area (Å²) in [6.45, 7) is 0. The first-order valence-electron chi connectivity index (χ1n) is 22.0. The zero-order chi connectivity index (χ0) is 42.2. The normalized spacial score (nSPS) is 12.1. The van der Waals surface area contributed by atoms with Gasteiger partial charge in [0.25, 0.3) is 0 Å². The first kappa shape index (κ1) is 36.5. The minimum atomic E-state index is -2.75. The molecule has 0 atom stereocenters. The van der Waals surface area contributed by atoms with E-state index in [-0.39, 0.29) is 0 Å². The van der Waals surface area contributed by atoms with Crippen molar-refractivity contribution in [1.82, 2.24) is 9.13 Å². The third-order valence-electron chi connectivity index (χ3n) is 13.5. The summed E-state index contributed by atoms with van der Waals surface area (Å²) < 4.78 is 11.8. The molecule has 4 heteroatoms. The fraction of sp³-hybridized carbons (Fsp3) is 0. The second-order valence-corrected chi connectivity index (χ2v) is 20.6. The molecule has 0 spiro atoms. The van der Waals surface area contributed by atoms with Crippen molar-refractivity contribution in [3.8, 4) is 22.5 Å². The van der Waals surface area contributed by atoms with Crippen LogP contribution in [0.3, 0.4) is 0 Å². The maximum Gasteiger partial charge on any atom is 0.179 e. The van der Waals surface area contributed by atoms with Gasteiger partial charge in [0.1, 0.15) is 11.2 Å². The fourth-order valence-electron chi connectivity index (χ4n) is 10.8. The van der Waals surface area contributed by atoms with Crippen molar-refractivity contribution in [2.24, 2.45) is 0 Å². The third kappa shape index (κ3) is 5.33. The summed E-state index contributed by atoms with van der Waals surface area (Å²) in [5.41, 5.74) is 11.1. The average molecular weight is 833 g/mol. The van der Waals surface area contributed by atoms with Gasteiger partial charge in [0.2, 0.25) is 0 Å². The van der Waals surface area contributed by atoms with E-state index in [9.17, 15) is 0 Å². The Balaban J connectivity index is 1.04. The third-order valence-corrected chi connectivity index (χ3v) is 18.2. The van der Waals surface area contributed by atoms with Crippen LogP contribution in [-0.2, 0) is 0 Å². The van der Waals surface area contributed by atoms with Gasteiger partial charge in [-0.3, -0.25) is 0 Å². The van der Waals surface area contributed by atoms with Gasteiger partial charge in [-0.05, 0) is 86.5 Å². The molecule has 3 nitrogen and oxygen atoms in total. The molecule has 13 aromatic rings. The number of para-hydroxylation sites is 3. The summed E-state index contributed by atoms with van der Waals surface area (Å²) in [7, 11) is -2.75. The topological polar surface area (TPSA) is 23.0 Å². The minimum absolute atomic E-state index is 0.884. The molecule has 13 rings (SSSR count). The molecule has 0 unspecified atom stereocenters. The lowest BCUT2D eigenvalue weighted by Crippen LogP contribution is -2.74. The quantitative estimate of drug-likeness (QED) is 0.116. The van der Waals surface area contributed by atoms with Crippen LogP contribution in [0.15, 0.2) is 247 Å². The molecule has 0 amide bonds. The van der Waals surface area contributed by atoms with Gasteiger partial charge in [0, 0.05) is 38.0 Å². The van der Waals surface area contributed by atoms with Gasteiger partial charge in [-0.15, -0.1) is 0 Å². The van der Waals surface area contributed by atoms with Gasteiger partial charge in [-0.1, -0.05) is 188 Å². The Kier molecular flexibility index (Phi) is 8.23. The van der Waals surface area contributed by atoms with Crippen molar-refractivity contribution >= 4 is 94.4 Å². The van der Waals surface area contributed by atoms with Gasteiger partial charge in [0.15, 0.2) is 8.07 Å². The summed E-state index contributed by atoms with van der Waals surface area (Å²) in [4.78, 5) is 0. The molecule has 0 saturated heterocycles. The summed E-state index contributed by atoms with van der Waals surface area (Å²) in [5.74, 6) is 0. The molecular formula is C60H40N2OSi. The van der Waals surface area contributed by atoms with Gasteiger partial charge in [-0.25, -0.2) is 0 Å². The monoisotopic (exact) mass is 832 g/mol.